The molecular formula is C19H19N3O. The molecule has 0 bridgehead atoms. The highest BCUT2D eigenvalue weighted by Crippen LogP contribution is 2.23. The van der Waals surface area contributed by atoms with Gasteiger partial charge in [0.25, 0.3) is 0 Å². The Balaban J connectivity index is 1.87. The lowest BCUT2D eigenvalue weighted by Crippen LogP contribution is -2.41. The van der Waals surface area contributed by atoms with E-state index in [0.29, 0.717) is 11.3 Å². The fourth-order valence-electron chi connectivity index (χ4n) is 3.23. The van der Waals surface area contributed by atoms with Crippen molar-refractivity contribution in [3.8, 4) is 0 Å². The van der Waals surface area contributed by atoms with Crippen LogP contribution in [0.4, 0.5) is 0 Å². The van der Waals surface area contributed by atoms with E-state index in [-0.39, 0.29) is 5.78 Å². The second-order valence-corrected chi connectivity index (χ2v) is 5.96. The Morgan fingerprint density at radius 1 is 0.870 bits per heavy atom. The summed E-state index contributed by atoms with van der Waals surface area (Å²) in [6, 6.07) is 17.3. The molecule has 0 amide bonds. The van der Waals surface area contributed by atoms with Gasteiger partial charge < -0.3 is 0 Å². The predicted molar refractivity (Wildman–Crippen MR) is 91.4 cm³/mol. The first-order valence-electron chi connectivity index (χ1n) is 8.17. The molecule has 1 aliphatic heterocycles. The van der Waals surface area contributed by atoms with Crippen LogP contribution in [-0.4, -0.2) is 28.8 Å². The van der Waals surface area contributed by atoms with Crippen LogP contribution in [0.2, 0.25) is 0 Å². The summed E-state index contributed by atoms with van der Waals surface area (Å²) in [4.78, 5) is 14.9. The van der Waals surface area contributed by atoms with Crippen LogP contribution in [0, 0.1) is 0 Å². The molecule has 0 atom stereocenters. The van der Waals surface area contributed by atoms with Crippen molar-refractivity contribution in [2.75, 3.05) is 18.1 Å². The minimum absolute atomic E-state index is 0.0323. The molecule has 2 aromatic carbocycles. The minimum Gasteiger partial charge on any atom is -0.296 e. The van der Waals surface area contributed by atoms with Crippen LogP contribution in [0.25, 0.3) is 10.9 Å². The van der Waals surface area contributed by atoms with E-state index in [1.54, 1.807) is 0 Å². The molecule has 2 heterocycles. The number of nitrogens with zero attached hydrogens (tertiary/aromatic N) is 3. The summed E-state index contributed by atoms with van der Waals surface area (Å²) in [5, 5.41) is 7.82. The van der Waals surface area contributed by atoms with Crippen LogP contribution >= 0.6 is 0 Å². The molecule has 0 radical (unpaired) electrons. The highest BCUT2D eigenvalue weighted by Gasteiger charge is 2.23. The van der Waals surface area contributed by atoms with Crippen LogP contribution in [0.5, 0.6) is 0 Å². The maximum Gasteiger partial charge on any atom is 0.213 e. The number of hydrogen-bond acceptors (Lipinski definition) is 3. The molecule has 4 rings (SSSR count). The molecule has 116 valence electrons. The van der Waals surface area contributed by atoms with Crippen LogP contribution in [-0.2, 0) is 0 Å². The van der Waals surface area contributed by atoms with E-state index < -0.39 is 0 Å². The summed E-state index contributed by atoms with van der Waals surface area (Å²) in [5.74, 6) is 0.0323. The number of hydrogen-bond donors (Lipinski definition) is 0. The van der Waals surface area contributed by atoms with Crippen molar-refractivity contribution in [1.82, 2.24) is 9.89 Å². The van der Waals surface area contributed by atoms with Gasteiger partial charge in [0.2, 0.25) is 5.78 Å². The summed E-state index contributed by atoms with van der Waals surface area (Å²) in [6.07, 6.45) is 3.55. The Morgan fingerprint density at radius 2 is 1.57 bits per heavy atom. The maximum atomic E-state index is 13.1. The monoisotopic (exact) mass is 305 g/mol. The Kier molecular flexibility index (Phi) is 3.58. The average molecular weight is 305 g/mol. The molecule has 0 aliphatic carbocycles. The summed E-state index contributed by atoms with van der Waals surface area (Å²) in [6.45, 7) is 1.89. The molecule has 0 unspecified atom stereocenters. The Morgan fingerprint density at radius 3 is 2.35 bits per heavy atom. The number of carbonyl (C=O) groups is 1. The molecule has 0 N–H and O–H groups in total. The number of ketones is 1. The van der Waals surface area contributed by atoms with Gasteiger partial charge in [-0.25, -0.2) is 0 Å². The quantitative estimate of drug-likeness (QED) is 0.696. The first-order chi connectivity index (χ1) is 11.3. The van der Waals surface area contributed by atoms with Crippen LogP contribution in [0.3, 0.4) is 0 Å². The van der Waals surface area contributed by atoms with E-state index in [1.165, 1.54) is 6.42 Å². The Hall–Kier alpha value is -2.62. The third-order valence-corrected chi connectivity index (χ3v) is 4.41. The first kappa shape index (κ1) is 14.0. The predicted octanol–water partition coefficient (Wildman–Crippen LogP) is 3.39. The van der Waals surface area contributed by atoms with Crippen LogP contribution in [0.1, 0.15) is 35.3 Å². The van der Waals surface area contributed by atoms with Crippen LogP contribution < -0.4 is 5.01 Å². The summed E-state index contributed by atoms with van der Waals surface area (Å²) >= 11 is 0. The lowest BCUT2D eigenvalue weighted by atomic mass is 10.1. The van der Waals surface area contributed by atoms with E-state index in [0.717, 1.165) is 36.8 Å². The number of benzene rings is 2. The highest BCUT2D eigenvalue weighted by molar-refractivity contribution is 6.15. The number of fused-ring (bicyclic) bond motifs is 1. The van der Waals surface area contributed by atoms with Crippen LogP contribution in [0.15, 0.2) is 54.6 Å². The zero-order valence-corrected chi connectivity index (χ0v) is 13.0. The summed E-state index contributed by atoms with van der Waals surface area (Å²) < 4.78 is 0. The van der Waals surface area contributed by atoms with Gasteiger partial charge in [0.1, 0.15) is 5.69 Å². The standard InChI is InChI=1S/C19H19N3O/c23-19(15-9-3-1-4-10-15)18-16-11-5-6-12-17(16)20-22(18)21-13-7-2-8-14-21/h1,3-6,9-12H,2,7-8,13-14H2. The number of piperidine rings is 1. The van der Waals surface area contributed by atoms with Gasteiger partial charge in [0, 0.05) is 24.0 Å². The molecule has 0 spiro atoms. The van der Waals surface area contributed by atoms with E-state index in [9.17, 15) is 4.79 Å². The van der Waals surface area contributed by atoms with Crippen molar-refractivity contribution >= 4 is 16.7 Å². The molecule has 23 heavy (non-hydrogen) atoms. The highest BCUT2D eigenvalue weighted by atomic mass is 16.1. The molecule has 1 saturated heterocycles. The largest absolute Gasteiger partial charge is 0.296 e. The zero-order chi connectivity index (χ0) is 15.6. The third-order valence-electron chi connectivity index (χ3n) is 4.41. The molecule has 0 saturated carbocycles. The van der Waals surface area contributed by atoms with Gasteiger partial charge in [0.15, 0.2) is 0 Å². The normalized spacial score (nSPS) is 15.0. The van der Waals surface area contributed by atoms with E-state index in [4.69, 9.17) is 5.10 Å². The fraction of sp³-hybridized carbons (Fsp3) is 0.263. The molecular weight excluding hydrogens is 286 g/mol. The van der Waals surface area contributed by atoms with E-state index in [2.05, 4.69) is 5.01 Å². The first-order valence-corrected chi connectivity index (χ1v) is 8.17. The van der Waals surface area contributed by atoms with Gasteiger partial charge in [-0.15, -0.1) is 0 Å². The van der Waals surface area contributed by atoms with Gasteiger partial charge in [-0.05, 0) is 25.3 Å². The Bertz CT molecular complexity index is 832. The minimum atomic E-state index is 0.0323. The molecule has 1 aromatic heterocycles. The smallest absolute Gasteiger partial charge is 0.213 e. The fourth-order valence-corrected chi connectivity index (χ4v) is 3.23. The van der Waals surface area contributed by atoms with Crippen molar-refractivity contribution in [3.05, 3.63) is 65.9 Å². The van der Waals surface area contributed by atoms with Gasteiger partial charge in [-0.3, -0.25) is 9.80 Å². The lowest BCUT2D eigenvalue weighted by Gasteiger charge is -2.29. The van der Waals surface area contributed by atoms with Gasteiger partial charge in [0.05, 0.1) is 5.52 Å². The number of rotatable bonds is 3. The van der Waals surface area contributed by atoms with Gasteiger partial charge in [-0.1, -0.05) is 48.5 Å². The van der Waals surface area contributed by atoms with E-state index in [1.807, 2.05) is 59.4 Å². The van der Waals surface area contributed by atoms with Crippen molar-refractivity contribution in [1.29, 1.82) is 0 Å². The number of aromatic nitrogens is 2. The van der Waals surface area contributed by atoms with Crippen molar-refractivity contribution in [2.45, 2.75) is 19.3 Å². The topological polar surface area (TPSA) is 38.1 Å². The average Bonchev–Trinajstić information content (AvgIpc) is 3.02. The summed E-state index contributed by atoms with van der Waals surface area (Å²) in [5.41, 5.74) is 2.25. The van der Waals surface area contributed by atoms with Gasteiger partial charge in [-0.2, -0.15) is 9.89 Å². The van der Waals surface area contributed by atoms with Gasteiger partial charge >= 0.3 is 0 Å². The molecule has 1 fully saturated rings. The summed E-state index contributed by atoms with van der Waals surface area (Å²) in [7, 11) is 0. The Labute approximate surface area is 135 Å². The zero-order valence-electron chi connectivity index (χ0n) is 13.0. The van der Waals surface area contributed by atoms with Crippen molar-refractivity contribution in [2.24, 2.45) is 0 Å². The molecule has 4 heteroatoms. The lowest BCUT2D eigenvalue weighted by molar-refractivity contribution is 0.102. The molecule has 3 aromatic rings. The second-order valence-electron chi connectivity index (χ2n) is 5.96. The molecule has 4 nitrogen and oxygen atoms in total. The van der Waals surface area contributed by atoms with Crippen molar-refractivity contribution < 1.29 is 4.79 Å². The van der Waals surface area contributed by atoms with Crippen molar-refractivity contribution in [3.63, 3.8) is 0 Å². The SMILES string of the molecule is O=C(c1ccccc1)c1c2ccccc2nn1N1CCCCC1. The third kappa shape index (κ3) is 2.50. The maximum absolute atomic E-state index is 13.1. The second kappa shape index (κ2) is 5.88. The van der Waals surface area contributed by atoms with E-state index >= 15 is 0 Å². The molecule has 1 aliphatic rings. The number of carbonyl (C=O) groups excluding carboxylic acids is 1.